The molecule has 22 heavy (non-hydrogen) atoms. The number of amides is 1. The first-order valence-electron chi connectivity index (χ1n) is 7.25. The fraction of sp³-hybridized carbons (Fsp3) is 0.312. The third-order valence-electron chi connectivity index (χ3n) is 3.73. The number of carbonyl (C=O) groups excluding carboxylic acids is 1. The molecule has 1 amide bonds. The molecule has 1 atom stereocenters. The van der Waals surface area contributed by atoms with E-state index in [0.29, 0.717) is 11.5 Å². The Morgan fingerprint density at radius 1 is 1.32 bits per heavy atom. The molecule has 0 bridgehead atoms. The van der Waals surface area contributed by atoms with Crippen molar-refractivity contribution in [3.05, 3.63) is 47.8 Å². The van der Waals surface area contributed by atoms with Gasteiger partial charge in [-0.3, -0.25) is 9.59 Å². The average Bonchev–Trinajstić information content (AvgIpc) is 3.26. The number of benzene rings is 1. The first-order valence-corrected chi connectivity index (χ1v) is 7.25. The second kappa shape index (κ2) is 5.63. The molecule has 0 unspecified atom stereocenters. The number of nitrogens with zero attached hydrogens (tertiary/aromatic N) is 2. The van der Waals surface area contributed by atoms with Crippen LogP contribution in [-0.2, 0) is 4.79 Å². The Balaban J connectivity index is 1.94. The lowest BCUT2D eigenvalue weighted by atomic mass is 10.1. The van der Waals surface area contributed by atoms with Crippen LogP contribution in [0, 0.1) is 0 Å². The molecule has 6 heteroatoms. The van der Waals surface area contributed by atoms with Crippen molar-refractivity contribution >= 4 is 11.9 Å². The predicted molar refractivity (Wildman–Crippen MR) is 80.1 cm³/mol. The summed E-state index contributed by atoms with van der Waals surface area (Å²) in [6.45, 7) is 1.44. The number of hydrogen-bond donors (Lipinski definition) is 2. The standard InChI is InChI=1S/C16H17N3O3/c1-10(16(21)22)18-15(20)13-9-17-19(14(13)11-7-8-11)12-5-3-2-4-6-12/h2-6,9-11H,7-8H2,1H3,(H,18,20)(H,21,22)/t10-/m0/s1. The minimum Gasteiger partial charge on any atom is -0.480 e. The second-order valence-electron chi connectivity index (χ2n) is 5.50. The molecule has 2 N–H and O–H groups in total. The maximum atomic E-state index is 12.3. The Morgan fingerprint density at radius 3 is 2.59 bits per heavy atom. The van der Waals surface area contributed by atoms with Crippen molar-refractivity contribution in [1.82, 2.24) is 15.1 Å². The van der Waals surface area contributed by atoms with Crippen LogP contribution in [0.4, 0.5) is 0 Å². The first-order chi connectivity index (χ1) is 10.6. The number of carboxylic acids is 1. The van der Waals surface area contributed by atoms with E-state index in [1.54, 1.807) is 4.68 Å². The number of nitrogens with one attached hydrogen (secondary N) is 1. The number of para-hydroxylation sites is 1. The maximum Gasteiger partial charge on any atom is 0.325 e. The molecule has 0 saturated heterocycles. The Morgan fingerprint density at radius 2 is 2.00 bits per heavy atom. The number of hydrogen-bond acceptors (Lipinski definition) is 3. The number of aromatic nitrogens is 2. The molecule has 1 aromatic carbocycles. The quantitative estimate of drug-likeness (QED) is 0.884. The lowest BCUT2D eigenvalue weighted by Gasteiger charge is -2.11. The van der Waals surface area contributed by atoms with E-state index in [1.807, 2.05) is 30.3 Å². The van der Waals surface area contributed by atoms with Crippen molar-refractivity contribution in [3.63, 3.8) is 0 Å². The average molecular weight is 299 g/mol. The molecule has 1 fully saturated rings. The van der Waals surface area contributed by atoms with Gasteiger partial charge in [-0.2, -0.15) is 5.10 Å². The Kier molecular flexibility index (Phi) is 3.66. The lowest BCUT2D eigenvalue weighted by molar-refractivity contribution is -0.138. The van der Waals surface area contributed by atoms with E-state index < -0.39 is 12.0 Å². The molecule has 3 rings (SSSR count). The normalized spacial score (nSPS) is 15.3. The third kappa shape index (κ3) is 2.72. The summed E-state index contributed by atoms with van der Waals surface area (Å²) >= 11 is 0. The van der Waals surface area contributed by atoms with Gasteiger partial charge in [-0.15, -0.1) is 0 Å². The highest BCUT2D eigenvalue weighted by molar-refractivity contribution is 5.97. The summed E-state index contributed by atoms with van der Waals surface area (Å²) in [7, 11) is 0. The summed E-state index contributed by atoms with van der Waals surface area (Å²) in [6.07, 6.45) is 3.56. The molecule has 0 aliphatic heterocycles. The Hall–Kier alpha value is -2.63. The van der Waals surface area contributed by atoms with Gasteiger partial charge in [0.25, 0.3) is 5.91 Å². The first kappa shape index (κ1) is 14.3. The van der Waals surface area contributed by atoms with E-state index in [1.165, 1.54) is 13.1 Å². The number of rotatable bonds is 5. The number of aliphatic carboxylic acids is 1. The fourth-order valence-corrected chi connectivity index (χ4v) is 2.39. The molecule has 2 aromatic rings. The van der Waals surface area contributed by atoms with Crippen LogP contribution in [0.25, 0.3) is 5.69 Å². The molecule has 1 aromatic heterocycles. The van der Waals surface area contributed by atoms with E-state index in [4.69, 9.17) is 5.11 Å². The van der Waals surface area contributed by atoms with Gasteiger partial charge in [-0.05, 0) is 31.9 Å². The van der Waals surface area contributed by atoms with Crippen LogP contribution in [0.1, 0.15) is 41.7 Å². The maximum absolute atomic E-state index is 12.3. The van der Waals surface area contributed by atoms with Crippen LogP contribution in [0.5, 0.6) is 0 Å². The summed E-state index contributed by atoms with van der Waals surface area (Å²) < 4.78 is 1.78. The van der Waals surface area contributed by atoms with Gasteiger partial charge in [-0.1, -0.05) is 18.2 Å². The summed E-state index contributed by atoms with van der Waals surface area (Å²) in [5, 5.41) is 15.7. The smallest absolute Gasteiger partial charge is 0.325 e. The van der Waals surface area contributed by atoms with Gasteiger partial charge in [0, 0.05) is 5.92 Å². The SMILES string of the molecule is C[C@H](NC(=O)c1cnn(-c2ccccc2)c1C1CC1)C(=O)O. The van der Waals surface area contributed by atoms with E-state index in [9.17, 15) is 9.59 Å². The fourth-order valence-electron chi connectivity index (χ4n) is 2.39. The van der Waals surface area contributed by atoms with Gasteiger partial charge in [0.15, 0.2) is 0 Å². The van der Waals surface area contributed by atoms with E-state index >= 15 is 0 Å². The molecule has 0 radical (unpaired) electrons. The molecule has 1 aliphatic carbocycles. The topological polar surface area (TPSA) is 84.2 Å². The summed E-state index contributed by atoms with van der Waals surface area (Å²) in [5.74, 6) is -1.14. The van der Waals surface area contributed by atoms with Crippen LogP contribution in [-0.4, -0.2) is 32.8 Å². The highest BCUT2D eigenvalue weighted by atomic mass is 16.4. The van der Waals surface area contributed by atoms with Gasteiger partial charge in [-0.25, -0.2) is 4.68 Å². The van der Waals surface area contributed by atoms with Crippen molar-refractivity contribution in [3.8, 4) is 5.69 Å². The summed E-state index contributed by atoms with van der Waals surface area (Å²) in [5.41, 5.74) is 2.22. The Bertz CT molecular complexity index is 705. The van der Waals surface area contributed by atoms with Crippen molar-refractivity contribution < 1.29 is 14.7 Å². The zero-order chi connectivity index (χ0) is 15.7. The molecule has 1 aliphatic rings. The number of carboxylic acid groups (broad SMARTS) is 1. The van der Waals surface area contributed by atoms with Crippen molar-refractivity contribution in [2.45, 2.75) is 31.7 Å². The largest absolute Gasteiger partial charge is 0.480 e. The van der Waals surface area contributed by atoms with Crippen molar-refractivity contribution in [2.24, 2.45) is 0 Å². The van der Waals surface area contributed by atoms with Crippen LogP contribution < -0.4 is 5.32 Å². The van der Waals surface area contributed by atoms with Gasteiger partial charge in [0.2, 0.25) is 0 Å². The van der Waals surface area contributed by atoms with Crippen molar-refractivity contribution in [1.29, 1.82) is 0 Å². The van der Waals surface area contributed by atoms with Crippen LogP contribution in [0.15, 0.2) is 36.5 Å². The Labute approximate surface area is 127 Å². The molecule has 114 valence electrons. The minimum absolute atomic E-state index is 0.309. The van der Waals surface area contributed by atoms with Gasteiger partial charge >= 0.3 is 5.97 Å². The van der Waals surface area contributed by atoms with Crippen molar-refractivity contribution in [2.75, 3.05) is 0 Å². The van der Waals surface area contributed by atoms with Crippen LogP contribution >= 0.6 is 0 Å². The third-order valence-corrected chi connectivity index (χ3v) is 3.73. The monoisotopic (exact) mass is 299 g/mol. The highest BCUT2D eigenvalue weighted by Gasteiger charge is 2.33. The van der Waals surface area contributed by atoms with E-state index in [-0.39, 0.29) is 5.91 Å². The van der Waals surface area contributed by atoms with Gasteiger partial charge in [0.1, 0.15) is 6.04 Å². The second-order valence-corrected chi connectivity index (χ2v) is 5.50. The zero-order valence-corrected chi connectivity index (χ0v) is 12.2. The summed E-state index contributed by atoms with van der Waals surface area (Å²) in [4.78, 5) is 23.2. The molecular formula is C16H17N3O3. The minimum atomic E-state index is -1.06. The molecule has 1 saturated carbocycles. The van der Waals surface area contributed by atoms with Gasteiger partial charge in [0.05, 0.1) is 23.1 Å². The van der Waals surface area contributed by atoms with Gasteiger partial charge < -0.3 is 10.4 Å². The summed E-state index contributed by atoms with van der Waals surface area (Å²) in [6, 6.07) is 8.69. The molecule has 1 heterocycles. The predicted octanol–water partition coefficient (Wildman–Crippen LogP) is 1.95. The van der Waals surface area contributed by atoms with Crippen LogP contribution in [0.2, 0.25) is 0 Å². The molecule has 6 nitrogen and oxygen atoms in total. The van der Waals surface area contributed by atoms with E-state index in [0.717, 1.165) is 24.2 Å². The van der Waals surface area contributed by atoms with E-state index in [2.05, 4.69) is 10.4 Å². The lowest BCUT2D eigenvalue weighted by Crippen LogP contribution is -2.38. The molecular weight excluding hydrogens is 282 g/mol. The highest BCUT2D eigenvalue weighted by Crippen LogP contribution is 2.42. The zero-order valence-electron chi connectivity index (χ0n) is 12.2. The van der Waals surface area contributed by atoms with Crippen LogP contribution in [0.3, 0.4) is 0 Å². The molecule has 0 spiro atoms. The number of carbonyl (C=O) groups is 2.